The lowest BCUT2D eigenvalue weighted by Gasteiger charge is -2.05. The Morgan fingerprint density at radius 1 is 1.50 bits per heavy atom. The average Bonchev–Trinajstić information content (AvgIpc) is 2.27. The number of pyridine rings is 1. The van der Waals surface area contributed by atoms with Crippen molar-refractivity contribution in [2.45, 2.75) is 20.3 Å². The van der Waals surface area contributed by atoms with Gasteiger partial charge in [0.15, 0.2) is 0 Å². The van der Waals surface area contributed by atoms with Crippen LogP contribution in [0.15, 0.2) is 18.3 Å². The molecule has 0 aliphatic carbocycles. The maximum atomic E-state index is 11.7. The summed E-state index contributed by atoms with van der Waals surface area (Å²) in [6.07, 6.45) is 1.43. The molecule has 1 heterocycles. The van der Waals surface area contributed by atoms with E-state index in [1.54, 1.807) is 0 Å². The zero-order valence-electron chi connectivity index (χ0n) is 10.0. The van der Waals surface area contributed by atoms with Crippen molar-refractivity contribution in [2.24, 2.45) is 5.92 Å². The Labute approximate surface area is 103 Å². The van der Waals surface area contributed by atoms with E-state index in [9.17, 15) is 19.7 Å². The minimum atomic E-state index is -0.854. The molecule has 0 bridgehead atoms. The molecule has 1 aromatic rings. The number of nitrogens with zero attached hydrogens (tertiary/aromatic N) is 2. The predicted molar refractivity (Wildman–Crippen MR) is 62.8 cm³/mol. The van der Waals surface area contributed by atoms with E-state index in [0.717, 1.165) is 6.07 Å². The molecule has 0 aromatic carbocycles. The van der Waals surface area contributed by atoms with Gasteiger partial charge in [0.1, 0.15) is 0 Å². The van der Waals surface area contributed by atoms with E-state index in [1.807, 2.05) is 13.8 Å². The van der Waals surface area contributed by atoms with Crippen molar-refractivity contribution in [3.63, 3.8) is 0 Å². The fourth-order valence-electron chi connectivity index (χ4n) is 1.33. The first-order chi connectivity index (χ1) is 8.41. The summed E-state index contributed by atoms with van der Waals surface area (Å²) in [4.78, 5) is 36.7. The van der Waals surface area contributed by atoms with Gasteiger partial charge in [-0.25, -0.2) is 4.98 Å². The van der Waals surface area contributed by atoms with E-state index in [2.05, 4.69) is 10.3 Å². The van der Waals surface area contributed by atoms with Crippen LogP contribution >= 0.6 is 0 Å². The van der Waals surface area contributed by atoms with E-state index >= 15 is 0 Å². The fraction of sp³-hybridized carbons (Fsp3) is 0.364. The van der Waals surface area contributed by atoms with Crippen molar-refractivity contribution in [1.29, 1.82) is 0 Å². The molecule has 7 heteroatoms. The van der Waals surface area contributed by atoms with Crippen LogP contribution in [-0.4, -0.2) is 21.7 Å². The molecule has 1 aromatic heterocycles. The number of amides is 2. The Balaban J connectivity index is 2.85. The van der Waals surface area contributed by atoms with Crippen LogP contribution in [0.3, 0.4) is 0 Å². The van der Waals surface area contributed by atoms with Gasteiger partial charge in [0, 0.05) is 18.7 Å². The van der Waals surface area contributed by atoms with Gasteiger partial charge < -0.3 is 0 Å². The van der Waals surface area contributed by atoms with Crippen LogP contribution in [-0.2, 0) is 4.79 Å². The van der Waals surface area contributed by atoms with Crippen LogP contribution in [0.25, 0.3) is 0 Å². The lowest BCUT2D eigenvalue weighted by atomic mass is 10.1. The molecule has 7 nitrogen and oxygen atoms in total. The monoisotopic (exact) mass is 251 g/mol. The van der Waals surface area contributed by atoms with E-state index in [4.69, 9.17) is 0 Å². The SMILES string of the molecule is CC(C)CC(=O)NC(=O)c1ncccc1[N+](=O)[O-]. The molecule has 0 atom stereocenters. The molecular weight excluding hydrogens is 238 g/mol. The number of hydrogen-bond acceptors (Lipinski definition) is 5. The maximum absolute atomic E-state index is 11.7. The molecule has 1 rings (SSSR count). The van der Waals surface area contributed by atoms with Crippen molar-refractivity contribution in [3.05, 3.63) is 34.1 Å². The minimum Gasteiger partial charge on any atom is -0.291 e. The first-order valence-electron chi connectivity index (χ1n) is 5.35. The molecule has 0 spiro atoms. The zero-order chi connectivity index (χ0) is 13.7. The molecule has 0 saturated heterocycles. The number of hydrogen-bond donors (Lipinski definition) is 1. The van der Waals surface area contributed by atoms with Crippen LogP contribution in [0.4, 0.5) is 5.69 Å². The van der Waals surface area contributed by atoms with Crippen LogP contribution in [0.2, 0.25) is 0 Å². The molecule has 0 fully saturated rings. The third kappa shape index (κ3) is 3.62. The Morgan fingerprint density at radius 2 is 2.17 bits per heavy atom. The van der Waals surface area contributed by atoms with Gasteiger partial charge in [-0.05, 0) is 12.0 Å². The highest BCUT2D eigenvalue weighted by Crippen LogP contribution is 2.14. The van der Waals surface area contributed by atoms with Crippen molar-refractivity contribution in [2.75, 3.05) is 0 Å². The molecule has 0 saturated carbocycles. The normalized spacial score (nSPS) is 10.2. The standard InChI is InChI=1S/C11H13N3O4/c1-7(2)6-9(15)13-11(16)10-8(14(17)18)4-3-5-12-10/h3-5,7H,6H2,1-2H3,(H,13,15,16). The molecular formula is C11H13N3O4. The van der Waals surface area contributed by atoms with E-state index < -0.39 is 22.4 Å². The number of imide groups is 1. The van der Waals surface area contributed by atoms with E-state index in [-0.39, 0.29) is 18.0 Å². The summed E-state index contributed by atoms with van der Waals surface area (Å²) in [6.45, 7) is 3.65. The minimum absolute atomic E-state index is 0.0940. The topological polar surface area (TPSA) is 102 Å². The molecule has 2 amide bonds. The highest BCUT2D eigenvalue weighted by atomic mass is 16.6. The Kier molecular flexibility index (Phi) is 4.47. The summed E-state index contributed by atoms with van der Waals surface area (Å²) in [5, 5.41) is 12.8. The molecule has 96 valence electrons. The number of rotatable bonds is 4. The quantitative estimate of drug-likeness (QED) is 0.641. The summed E-state index contributed by atoms with van der Waals surface area (Å²) in [5.74, 6) is -1.24. The number of nitrogens with one attached hydrogen (secondary N) is 1. The first-order valence-corrected chi connectivity index (χ1v) is 5.35. The molecule has 0 unspecified atom stereocenters. The Morgan fingerprint density at radius 3 is 2.72 bits per heavy atom. The smallest absolute Gasteiger partial charge is 0.291 e. The van der Waals surface area contributed by atoms with Gasteiger partial charge in [-0.2, -0.15) is 0 Å². The highest BCUT2D eigenvalue weighted by Gasteiger charge is 2.22. The number of nitro groups is 1. The highest BCUT2D eigenvalue weighted by molar-refractivity contribution is 6.05. The third-order valence-electron chi connectivity index (χ3n) is 2.04. The summed E-state index contributed by atoms with van der Waals surface area (Å²) in [7, 11) is 0. The van der Waals surface area contributed by atoms with Crippen LogP contribution in [0.1, 0.15) is 30.8 Å². The second-order valence-corrected chi connectivity index (χ2v) is 4.10. The number of carbonyl (C=O) groups is 2. The maximum Gasteiger partial charge on any atom is 0.300 e. The predicted octanol–water partition coefficient (Wildman–Crippen LogP) is 1.29. The lowest BCUT2D eigenvalue weighted by Crippen LogP contribution is -2.32. The van der Waals surface area contributed by atoms with Gasteiger partial charge in [-0.3, -0.25) is 25.0 Å². The number of carbonyl (C=O) groups excluding carboxylic acids is 2. The van der Waals surface area contributed by atoms with Crippen molar-refractivity contribution in [3.8, 4) is 0 Å². The van der Waals surface area contributed by atoms with Crippen molar-refractivity contribution >= 4 is 17.5 Å². The molecule has 18 heavy (non-hydrogen) atoms. The van der Waals surface area contributed by atoms with E-state index in [1.165, 1.54) is 12.3 Å². The summed E-state index contributed by atoms with van der Waals surface area (Å²) in [5.41, 5.74) is -0.785. The summed E-state index contributed by atoms with van der Waals surface area (Å²) < 4.78 is 0. The van der Waals surface area contributed by atoms with E-state index in [0.29, 0.717) is 0 Å². The van der Waals surface area contributed by atoms with Gasteiger partial charge in [-0.15, -0.1) is 0 Å². The zero-order valence-corrected chi connectivity index (χ0v) is 10.0. The third-order valence-corrected chi connectivity index (χ3v) is 2.04. The second kappa shape index (κ2) is 5.85. The van der Waals surface area contributed by atoms with Gasteiger partial charge in [-0.1, -0.05) is 13.8 Å². The largest absolute Gasteiger partial charge is 0.300 e. The van der Waals surface area contributed by atoms with Gasteiger partial charge in [0.2, 0.25) is 11.6 Å². The van der Waals surface area contributed by atoms with Crippen LogP contribution in [0.5, 0.6) is 0 Å². The molecule has 0 aliphatic heterocycles. The molecule has 0 radical (unpaired) electrons. The second-order valence-electron chi connectivity index (χ2n) is 4.10. The lowest BCUT2D eigenvalue weighted by molar-refractivity contribution is -0.385. The Bertz CT molecular complexity index is 485. The Hall–Kier alpha value is -2.31. The van der Waals surface area contributed by atoms with Crippen molar-refractivity contribution in [1.82, 2.24) is 10.3 Å². The van der Waals surface area contributed by atoms with Crippen molar-refractivity contribution < 1.29 is 14.5 Å². The summed E-state index contributed by atoms with van der Waals surface area (Å²) in [6, 6.07) is 2.51. The van der Waals surface area contributed by atoms with Gasteiger partial charge >= 0.3 is 5.69 Å². The van der Waals surface area contributed by atoms with Crippen LogP contribution in [0, 0.1) is 16.0 Å². The van der Waals surface area contributed by atoms with Gasteiger partial charge in [0.25, 0.3) is 5.91 Å². The average molecular weight is 251 g/mol. The summed E-state index contributed by atoms with van der Waals surface area (Å²) >= 11 is 0. The fourth-order valence-corrected chi connectivity index (χ4v) is 1.33. The number of aromatic nitrogens is 1. The molecule has 0 aliphatic rings. The first kappa shape index (κ1) is 13.8. The van der Waals surface area contributed by atoms with Gasteiger partial charge in [0.05, 0.1) is 4.92 Å². The molecule has 1 N–H and O–H groups in total. The van der Waals surface area contributed by atoms with Crippen LogP contribution < -0.4 is 5.32 Å².